The summed E-state index contributed by atoms with van der Waals surface area (Å²) in [5.74, 6) is 9.96. The highest BCUT2D eigenvalue weighted by atomic mass is 14.2. The lowest BCUT2D eigenvalue weighted by molar-refractivity contribution is 0.356. The van der Waals surface area contributed by atoms with E-state index in [4.69, 9.17) is 0 Å². The Morgan fingerprint density at radius 2 is 0.944 bits per heavy atom. The lowest BCUT2D eigenvalue weighted by atomic mass is 9.80. The fourth-order valence-corrected chi connectivity index (χ4v) is 3.23. The molecule has 0 N–H and O–H groups in total. The van der Waals surface area contributed by atoms with Crippen molar-refractivity contribution in [2.45, 2.75) is 51.4 Å². The van der Waals surface area contributed by atoms with Gasteiger partial charge in [0.15, 0.2) is 0 Å². The second-order valence-electron chi connectivity index (χ2n) is 5.98. The molecule has 0 heteroatoms. The van der Waals surface area contributed by atoms with Gasteiger partial charge in [0.2, 0.25) is 0 Å². The van der Waals surface area contributed by atoms with Crippen molar-refractivity contribution >= 4 is 0 Å². The molecule has 0 radical (unpaired) electrons. The summed E-state index contributed by atoms with van der Waals surface area (Å²) in [7, 11) is 0. The second kappa shape index (κ2) is 6.83. The molecule has 0 atom stereocenters. The largest absolute Gasteiger partial charge is 0.103 e. The second-order valence-corrected chi connectivity index (χ2v) is 5.98. The van der Waals surface area contributed by atoms with Crippen LogP contribution >= 0.6 is 0 Å². The number of hydrogen-bond acceptors (Lipinski definition) is 0. The first kappa shape index (κ1) is 13.5. The van der Waals surface area contributed by atoms with E-state index in [1.165, 1.54) is 51.4 Å². The summed E-state index contributed by atoms with van der Waals surface area (Å²) < 4.78 is 0. The molecule has 2 fully saturated rings. The first-order valence-corrected chi connectivity index (χ1v) is 7.58. The Balaban J connectivity index is 1.75. The van der Waals surface area contributed by atoms with Crippen molar-refractivity contribution in [3.8, 4) is 11.8 Å². The third-order valence-electron chi connectivity index (χ3n) is 4.70. The van der Waals surface area contributed by atoms with E-state index in [9.17, 15) is 0 Å². The van der Waals surface area contributed by atoms with E-state index >= 15 is 0 Å². The van der Waals surface area contributed by atoms with Crippen LogP contribution in [-0.4, -0.2) is 0 Å². The maximum absolute atomic E-state index is 3.90. The van der Waals surface area contributed by atoms with Crippen molar-refractivity contribution in [1.82, 2.24) is 0 Å². The van der Waals surface area contributed by atoms with Gasteiger partial charge in [-0.05, 0) is 63.2 Å². The Morgan fingerprint density at radius 1 is 0.611 bits per heavy atom. The minimum atomic E-state index is 0.665. The van der Waals surface area contributed by atoms with Crippen LogP contribution in [0.5, 0.6) is 0 Å². The van der Waals surface area contributed by atoms with Crippen molar-refractivity contribution in [2.24, 2.45) is 23.7 Å². The molecular weight excluding hydrogens is 216 g/mol. The summed E-state index contributed by atoms with van der Waals surface area (Å²) in [6.07, 6.45) is 14.6. The van der Waals surface area contributed by atoms with Gasteiger partial charge in [-0.3, -0.25) is 0 Å². The quantitative estimate of drug-likeness (QED) is 0.473. The van der Waals surface area contributed by atoms with Gasteiger partial charge in [-0.15, -0.1) is 13.2 Å². The van der Waals surface area contributed by atoms with Crippen molar-refractivity contribution < 1.29 is 0 Å². The molecule has 2 aliphatic rings. The van der Waals surface area contributed by atoms with Crippen LogP contribution in [0.15, 0.2) is 25.3 Å². The van der Waals surface area contributed by atoms with Gasteiger partial charge in [0, 0.05) is 11.8 Å². The molecule has 0 unspecified atom stereocenters. The standard InChI is InChI=1S/C18H26/c1-3-15-5-9-17(10-6-15)13-14-18-11-7-16(4-2)8-12-18/h3-4,15-18H,1-2,5-12H2. The molecule has 98 valence electrons. The van der Waals surface area contributed by atoms with Crippen LogP contribution in [-0.2, 0) is 0 Å². The van der Waals surface area contributed by atoms with Gasteiger partial charge in [0.1, 0.15) is 0 Å². The van der Waals surface area contributed by atoms with E-state index in [1.54, 1.807) is 0 Å². The topological polar surface area (TPSA) is 0 Å². The number of allylic oxidation sites excluding steroid dienone is 2. The van der Waals surface area contributed by atoms with Gasteiger partial charge in [-0.1, -0.05) is 24.0 Å². The third kappa shape index (κ3) is 3.77. The van der Waals surface area contributed by atoms with Crippen LogP contribution in [0.4, 0.5) is 0 Å². The van der Waals surface area contributed by atoms with Crippen molar-refractivity contribution in [2.75, 3.05) is 0 Å². The fraction of sp³-hybridized carbons (Fsp3) is 0.667. The molecule has 0 spiro atoms. The Bertz CT molecular complexity index is 293. The smallest absolute Gasteiger partial charge is 0.0203 e. The van der Waals surface area contributed by atoms with Gasteiger partial charge in [0.25, 0.3) is 0 Å². The fourth-order valence-electron chi connectivity index (χ4n) is 3.23. The molecule has 18 heavy (non-hydrogen) atoms. The summed E-state index contributed by atoms with van der Waals surface area (Å²) in [6.45, 7) is 7.80. The van der Waals surface area contributed by atoms with Gasteiger partial charge in [0.05, 0.1) is 0 Å². The number of rotatable bonds is 2. The molecule has 0 nitrogen and oxygen atoms in total. The van der Waals surface area contributed by atoms with Gasteiger partial charge < -0.3 is 0 Å². The molecule has 2 aliphatic carbocycles. The lowest BCUT2D eigenvalue weighted by Gasteiger charge is -2.24. The van der Waals surface area contributed by atoms with Gasteiger partial charge in [-0.25, -0.2) is 0 Å². The summed E-state index contributed by atoms with van der Waals surface area (Å²) in [5, 5.41) is 0. The highest BCUT2D eigenvalue weighted by molar-refractivity contribution is 5.09. The van der Waals surface area contributed by atoms with E-state index in [0.29, 0.717) is 11.8 Å². The average molecular weight is 242 g/mol. The first-order chi connectivity index (χ1) is 8.81. The molecule has 0 aromatic heterocycles. The molecule has 0 aliphatic heterocycles. The van der Waals surface area contributed by atoms with E-state index in [-0.39, 0.29) is 0 Å². The van der Waals surface area contributed by atoms with E-state index in [2.05, 4.69) is 37.2 Å². The van der Waals surface area contributed by atoms with Crippen LogP contribution in [0, 0.1) is 35.5 Å². The molecule has 0 aromatic rings. The van der Waals surface area contributed by atoms with Crippen LogP contribution in [0.3, 0.4) is 0 Å². The highest BCUT2D eigenvalue weighted by Crippen LogP contribution is 2.31. The molecular formula is C18H26. The Labute approximate surface area is 113 Å². The van der Waals surface area contributed by atoms with Crippen molar-refractivity contribution in [3.05, 3.63) is 25.3 Å². The molecule has 2 rings (SSSR count). The van der Waals surface area contributed by atoms with Gasteiger partial charge in [-0.2, -0.15) is 0 Å². The van der Waals surface area contributed by atoms with Crippen LogP contribution in [0.2, 0.25) is 0 Å². The van der Waals surface area contributed by atoms with Gasteiger partial charge >= 0.3 is 0 Å². The summed E-state index contributed by atoms with van der Waals surface area (Å²) in [5.41, 5.74) is 0. The maximum Gasteiger partial charge on any atom is 0.0203 e. The predicted molar refractivity (Wildman–Crippen MR) is 79.1 cm³/mol. The molecule has 0 saturated heterocycles. The van der Waals surface area contributed by atoms with E-state index < -0.39 is 0 Å². The Hall–Kier alpha value is -0.960. The van der Waals surface area contributed by atoms with Crippen LogP contribution in [0.1, 0.15) is 51.4 Å². The average Bonchev–Trinajstić information content (AvgIpc) is 2.46. The van der Waals surface area contributed by atoms with Crippen LogP contribution < -0.4 is 0 Å². The summed E-state index contributed by atoms with van der Waals surface area (Å²) in [6, 6.07) is 0. The monoisotopic (exact) mass is 242 g/mol. The zero-order chi connectivity index (χ0) is 12.8. The Kier molecular flexibility index (Phi) is 5.12. The lowest BCUT2D eigenvalue weighted by Crippen LogP contribution is -2.13. The number of hydrogen-bond donors (Lipinski definition) is 0. The molecule has 0 bridgehead atoms. The van der Waals surface area contributed by atoms with Crippen molar-refractivity contribution in [3.63, 3.8) is 0 Å². The van der Waals surface area contributed by atoms with E-state index in [1.807, 2.05) is 0 Å². The van der Waals surface area contributed by atoms with E-state index in [0.717, 1.165) is 11.8 Å². The summed E-state index contributed by atoms with van der Waals surface area (Å²) >= 11 is 0. The molecule has 2 saturated carbocycles. The zero-order valence-electron chi connectivity index (χ0n) is 11.5. The minimum Gasteiger partial charge on any atom is -0.103 e. The third-order valence-corrected chi connectivity index (χ3v) is 4.70. The summed E-state index contributed by atoms with van der Waals surface area (Å²) in [4.78, 5) is 0. The molecule has 0 amide bonds. The molecule has 0 aromatic carbocycles. The predicted octanol–water partition coefficient (Wildman–Crippen LogP) is 4.97. The Morgan fingerprint density at radius 3 is 1.22 bits per heavy atom. The normalized spacial score (nSPS) is 36.2. The van der Waals surface area contributed by atoms with Crippen molar-refractivity contribution in [1.29, 1.82) is 0 Å². The SMILES string of the molecule is C=CC1CCC(C#CC2CCC(C=C)CC2)CC1. The molecule has 0 heterocycles. The highest BCUT2D eigenvalue weighted by Gasteiger charge is 2.19. The van der Waals surface area contributed by atoms with Crippen LogP contribution in [0.25, 0.3) is 0 Å². The maximum atomic E-state index is 3.90. The minimum absolute atomic E-state index is 0.665. The first-order valence-electron chi connectivity index (χ1n) is 7.58. The zero-order valence-corrected chi connectivity index (χ0v) is 11.5.